The fraction of sp³-hybridized carbons (Fsp3) is 1.00. The van der Waals surface area contributed by atoms with Crippen molar-refractivity contribution < 1.29 is 17.7 Å². The van der Waals surface area contributed by atoms with Crippen LogP contribution in [0.4, 0.5) is 0 Å². The fourth-order valence-electron chi connectivity index (χ4n) is 3.82. The third-order valence-electron chi connectivity index (χ3n) is 4.85. The van der Waals surface area contributed by atoms with Crippen LogP contribution in [0.3, 0.4) is 0 Å². The molecular formula is C18H41NO4Si2. The lowest BCUT2D eigenvalue weighted by Gasteiger charge is -2.34. The minimum absolute atomic E-state index is 0.763. The van der Waals surface area contributed by atoms with E-state index in [-0.39, 0.29) is 0 Å². The molecule has 0 radical (unpaired) electrons. The highest BCUT2D eigenvalue weighted by Crippen LogP contribution is 2.29. The lowest BCUT2D eigenvalue weighted by Crippen LogP contribution is -2.54. The highest BCUT2D eigenvalue weighted by atomic mass is 28.4. The number of hydrogen-bond donors (Lipinski definition) is 0. The van der Waals surface area contributed by atoms with E-state index < -0.39 is 17.3 Å². The van der Waals surface area contributed by atoms with Crippen LogP contribution in [0.25, 0.3) is 0 Å². The summed E-state index contributed by atoms with van der Waals surface area (Å²) in [5.74, 6) is 0. The van der Waals surface area contributed by atoms with Crippen molar-refractivity contribution in [2.45, 2.75) is 78.4 Å². The van der Waals surface area contributed by atoms with Gasteiger partial charge in [0.05, 0.1) is 0 Å². The number of rotatable bonds is 15. The smallest absolute Gasteiger partial charge is 0.395 e. The van der Waals surface area contributed by atoms with Gasteiger partial charge in [-0.05, 0) is 66.2 Å². The molecule has 0 bridgehead atoms. The number of nitrogens with zero attached hydrogens (tertiary/aromatic N) is 1. The van der Waals surface area contributed by atoms with Crippen LogP contribution in [0.5, 0.6) is 0 Å². The van der Waals surface area contributed by atoms with E-state index in [1.807, 2.05) is 0 Å². The monoisotopic (exact) mass is 391 g/mol. The predicted molar refractivity (Wildman–Crippen MR) is 108 cm³/mol. The van der Waals surface area contributed by atoms with E-state index in [4.69, 9.17) is 17.7 Å². The Hall–Kier alpha value is 0.234. The standard InChI is InChI=1S/C18H41NO4Si2/c1-6-20-24(5,21-7-2)17-13-11-10-12-15-19-16-14-18-25(19,22-8-3)23-9-4/h6-18H2,1-5H3. The molecule has 0 amide bonds. The Morgan fingerprint density at radius 2 is 1.44 bits per heavy atom. The van der Waals surface area contributed by atoms with Crippen LogP contribution in [0.15, 0.2) is 0 Å². The molecular weight excluding hydrogens is 350 g/mol. The quantitative estimate of drug-likeness (QED) is 0.305. The molecule has 7 heteroatoms. The van der Waals surface area contributed by atoms with Crippen molar-refractivity contribution in [1.82, 2.24) is 4.57 Å². The zero-order valence-electron chi connectivity index (χ0n) is 17.3. The van der Waals surface area contributed by atoms with E-state index in [0.29, 0.717) is 0 Å². The van der Waals surface area contributed by atoms with Crippen molar-refractivity contribution in [2.75, 3.05) is 39.5 Å². The largest absolute Gasteiger partial charge is 0.427 e. The molecule has 1 aliphatic rings. The summed E-state index contributed by atoms with van der Waals surface area (Å²) in [6.45, 7) is 15.8. The van der Waals surface area contributed by atoms with Crippen molar-refractivity contribution in [1.29, 1.82) is 0 Å². The topological polar surface area (TPSA) is 40.2 Å². The summed E-state index contributed by atoms with van der Waals surface area (Å²) in [6, 6.07) is 2.23. The SMILES string of the molecule is CCO[Si](C)(CCCCCCN1CCC[Si]1(OCC)OCC)OCC. The van der Waals surface area contributed by atoms with E-state index in [2.05, 4.69) is 38.8 Å². The Bertz CT molecular complexity index is 335. The summed E-state index contributed by atoms with van der Waals surface area (Å²) >= 11 is 0. The van der Waals surface area contributed by atoms with Crippen LogP contribution in [-0.4, -0.2) is 61.4 Å². The van der Waals surface area contributed by atoms with E-state index >= 15 is 0 Å². The molecule has 1 saturated heterocycles. The molecule has 1 aliphatic heterocycles. The Morgan fingerprint density at radius 3 is 2.00 bits per heavy atom. The van der Waals surface area contributed by atoms with Crippen molar-refractivity contribution in [2.24, 2.45) is 0 Å². The molecule has 1 fully saturated rings. The third-order valence-corrected chi connectivity index (χ3v) is 11.8. The molecule has 25 heavy (non-hydrogen) atoms. The normalized spacial score (nSPS) is 18.1. The van der Waals surface area contributed by atoms with Crippen molar-refractivity contribution in [3.63, 3.8) is 0 Å². The van der Waals surface area contributed by atoms with Gasteiger partial charge in [0, 0.05) is 32.5 Å². The average molecular weight is 392 g/mol. The average Bonchev–Trinajstić information content (AvgIpc) is 2.94. The minimum Gasteiger partial charge on any atom is -0.395 e. The van der Waals surface area contributed by atoms with Gasteiger partial charge in [-0.25, -0.2) is 0 Å². The van der Waals surface area contributed by atoms with Gasteiger partial charge in [0.2, 0.25) is 0 Å². The van der Waals surface area contributed by atoms with E-state index in [1.54, 1.807) is 0 Å². The van der Waals surface area contributed by atoms with Crippen LogP contribution >= 0.6 is 0 Å². The molecule has 0 unspecified atom stereocenters. The van der Waals surface area contributed by atoms with Gasteiger partial charge < -0.3 is 17.7 Å². The summed E-state index contributed by atoms with van der Waals surface area (Å²) in [7, 11) is -4.00. The molecule has 0 N–H and O–H groups in total. The molecule has 1 rings (SSSR count). The van der Waals surface area contributed by atoms with Crippen molar-refractivity contribution in [3.05, 3.63) is 0 Å². The first kappa shape index (κ1) is 23.3. The fourth-order valence-corrected chi connectivity index (χ4v) is 9.87. The molecule has 0 aliphatic carbocycles. The molecule has 0 aromatic carbocycles. The van der Waals surface area contributed by atoms with Gasteiger partial charge in [-0.1, -0.05) is 19.3 Å². The molecule has 0 atom stereocenters. The van der Waals surface area contributed by atoms with Gasteiger partial charge in [-0.15, -0.1) is 0 Å². The van der Waals surface area contributed by atoms with Crippen molar-refractivity contribution >= 4 is 17.3 Å². The van der Waals surface area contributed by atoms with Gasteiger partial charge >= 0.3 is 17.3 Å². The molecule has 1 heterocycles. The Balaban J connectivity index is 2.28. The van der Waals surface area contributed by atoms with Gasteiger partial charge in [0.15, 0.2) is 0 Å². The molecule has 0 aromatic heterocycles. The summed E-state index contributed by atoms with van der Waals surface area (Å²) in [5, 5.41) is 0. The highest BCUT2D eigenvalue weighted by molar-refractivity contribution is 6.66. The first-order valence-corrected chi connectivity index (χ1v) is 14.9. The maximum absolute atomic E-state index is 6.14. The Kier molecular flexibility index (Phi) is 11.7. The van der Waals surface area contributed by atoms with Gasteiger partial charge in [0.25, 0.3) is 0 Å². The van der Waals surface area contributed by atoms with E-state index in [0.717, 1.165) is 51.6 Å². The minimum atomic E-state index is -2.08. The number of hydrogen-bond acceptors (Lipinski definition) is 5. The van der Waals surface area contributed by atoms with Gasteiger partial charge in [-0.2, -0.15) is 0 Å². The molecule has 0 spiro atoms. The zero-order valence-corrected chi connectivity index (χ0v) is 19.3. The van der Waals surface area contributed by atoms with Crippen LogP contribution in [0, 0.1) is 0 Å². The lowest BCUT2D eigenvalue weighted by molar-refractivity contribution is 0.135. The predicted octanol–water partition coefficient (Wildman–Crippen LogP) is 4.41. The maximum Gasteiger partial charge on any atom is 0.427 e. The molecule has 0 aromatic rings. The van der Waals surface area contributed by atoms with E-state index in [1.165, 1.54) is 32.1 Å². The van der Waals surface area contributed by atoms with Crippen LogP contribution < -0.4 is 0 Å². The second-order valence-corrected chi connectivity index (χ2v) is 13.3. The first-order chi connectivity index (χ1) is 12.1. The van der Waals surface area contributed by atoms with Crippen LogP contribution in [-0.2, 0) is 17.7 Å². The lowest BCUT2D eigenvalue weighted by atomic mass is 10.2. The first-order valence-electron chi connectivity index (χ1n) is 10.4. The third kappa shape index (κ3) is 7.78. The van der Waals surface area contributed by atoms with Gasteiger partial charge in [0.1, 0.15) is 0 Å². The Morgan fingerprint density at radius 1 is 0.840 bits per heavy atom. The maximum atomic E-state index is 6.14. The molecule has 5 nitrogen and oxygen atoms in total. The Labute approximate surface area is 157 Å². The zero-order chi connectivity index (χ0) is 18.6. The molecule has 150 valence electrons. The highest BCUT2D eigenvalue weighted by Gasteiger charge is 2.48. The summed E-state index contributed by atoms with van der Waals surface area (Å²) in [5.41, 5.74) is 0. The van der Waals surface area contributed by atoms with Crippen LogP contribution in [0.2, 0.25) is 18.6 Å². The van der Waals surface area contributed by atoms with Crippen LogP contribution in [0.1, 0.15) is 59.8 Å². The molecule has 0 saturated carbocycles. The summed E-state index contributed by atoms with van der Waals surface area (Å²) in [6.07, 6.45) is 6.19. The summed E-state index contributed by atoms with van der Waals surface area (Å²) in [4.78, 5) is 0. The number of unbranched alkanes of at least 4 members (excludes halogenated alkanes) is 3. The second kappa shape index (κ2) is 12.6. The summed E-state index contributed by atoms with van der Waals surface area (Å²) < 4.78 is 26.7. The van der Waals surface area contributed by atoms with Gasteiger partial charge in [-0.3, -0.25) is 4.57 Å². The van der Waals surface area contributed by atoms with E-state index in [9.17, 15) is 0 Å². The second-order valence-electron chi connectivity index (χ2n) is 6.83. The van der Waals surface area contributed by atoms with Crippen molar-refractivity contribution in [3.8, 4) is 0 Å².